The van der Waals surface area contributed by atoms with Crippen LogP contribution >= 0.6 is 34.9 Å². The zero-order valence-electron chi connectivity index (χ0n) is 12.4. The molecule has 0 aliphatic heterocycles. The molecule has 2 heterocycles. The van der Waals surface area contributed by atoms with Crippen molar-refractivity contribution in [1.29, 1.82) is 0 Å². The Labute approximate surface area is 143 Å². The molecule has 0 saturated heterocycles. The zero-order valence-corrected chi connectivity index (χ0v) is 14.8. The van der Waals surface area contributed by atoms with Gasteiger partial charge in [0, 0.05) is 23.1 Å². The third-order valence-corrected chi connectivity index (χ3v) is 6.50. The molecule has 0 spiro atoms. The molecule has 0 aliphatic carbocycles. The molecule has 0 fully saturated rings. The molecule has 22 heavy (non-hydrogen) atoms. The Hall–Kier alpha value is -1.11. The highest BCUT2D eigenvalue weighted by molar-refractivity contribution is 8.02. The summed E-state index contributed by atoms with van der Waals surface area (Å²) in [6.07, 6.45) is 4.31. The number of hydrogen-bond acceptors (Lipinski definition) is 6. The van der Waals surface area contributed by atoms with Crippen molar-refractivity contribution in [3.8, 4) is 0 Å². The molecule has 0 aliphatic rings. The molecule has 0 radical (unpaired) electrons. The minimum Gasteiger partial charge on any atom is -0.256 e. The number of benzene rings is 1. The van der Waals surface area contributed by atoms with Crippen molar-refractivity contribution in [2.45, 2.75) is 34.2 Å². The SMILES string of the molecule is CCCCSc1nnc(SCc2cccc3cccnc23)s1. The van der Waals surface area contributed by atoms with Crippen LogP contribution in [0.1, 0.15) is 25.3 Å². The van der Waals surface area contributed by atoms with Gasteiger partial charge in [-0.3, -0.25) is 4.98 Å². The molecule has 0 atom stereocenters. The van der Waals surface area contributed by atoms with E-state index in [1.807, 2.05) is 24.0 Å². The topological polar surface area (TPSA) is 38.7 Å². The van der Waals surface area contributed by atoms with Crippen LogP contribution in [-0.4, -0.2) is 20.9 Å². The maximum absolute atomic E-state index is 4.50. The van der Waals surface area contributed by atoms with Gasteiger partial charge in [-0.15, -0.1) is 10.2 Å². The molecule has 2 aromatic heterocycles. The normalized spacial score (nSPS) is 11.1. The molecule has 3 aromatic rings. The number of aromatic nitrogens is 3. The lowest BCUT2D eigenvalue weighted by Gasteiger charge is -2.03. The van der Waals surface area contributed by atoms with Crippen LogP contribution in [0.5, 0.6) is 0 Å². The molecule has 0 saturated carbocycles. The zero-order chi connectivity index (χ0) is 15.2. The molecule has 0 bridgehead atoms. The van der Waals surface area contributed by atoms with Crippen LogP contribution in [-0.2, 0) is 5.75 Å². The van der Waals surface area contributed by atoms with Gasteiger partial charge in [0.15, 0.2) is 8.68 Å². The van der Waals surface area contributed by atoms with Gasteiger partial charge >= 0.3 is 0 Å². The van der Waals surface area contributed by atoms with Gasteiger partial charge in [0.1, 0.15) is 0 Å². The lowest BCUT2D eigenvalue weighted by Crippen LogP contribution is -1.86. The van der Waals surface area contributed by atoms with E-state index < -0.39 is 0 Å². The first-order chi connectivity index (χ1) is 10.9. The van der Waals surface area contributed by atoms with E-state index in [9.17, 15) is 0 Å². The highest BCUT2D eigenvalue weighted by Gasteiger charge is 2.07. The monoisotopic (exact) mass is 347 g/mol. The van der Waals surface area contributed by atoms with E-state index >= 15 is 0 Å². The second-order valence-electron chi connectivity index (χ2n) is 4.82. The summed E-state index contributed by atoms with van der Waals surface area (Å²) in [4.78, 5) is 4.50. The van der Waals surface area contributed by atoms with Crippen LogP contribution < -0.4 is 0 Å². The molecular weight excluding hydrogens is 330 g/mol. The summed E-state index contributed by atoms with van der Waals surface area (Å²) in [5.74, 6) is 2.01. The molecule has 0 amide bonds. The van der Waals surface area contributed by atoms with Gasteiger partial charge in [-0.2, -0.15) is 0 Å². The van der Waals surface area contributed by atoms with Crippen molar-refractivity contribution in [3.05, 3.63) is 42.1 Å². The standard InChI is InChI=1S/C16H17N3S3/c1-2-3-10-20-15-18-19-16(22-15)21-11-13-7-4-6-12-8-5-9-17-14(12)13/h4-9H,2-3,10-11H2,1H3. The quantitative estimate of drug-likeness (QED) is 0.430. The molecule has 0 unspecified atom stereocenters. The summed E-state index contributed by atoms with van der Waals surface area (Å²) < 4.78 is 2.11. The Kier molecular flexibility index (Phi) is 5.70. The maximum Gasteiger partial charge on any atom is 0.175 e. The number of unbranched alkanes of at least 4 members (excludes halogenated alkanes) is 1. The number of pyridine rings is 1. The van der Waals surface area contributed by atoms with E-state index in [2.05, 4.69) is 46.4 Å². The Morgan fingerprint density at radius 3 is 2.73 bits per heavy atom. The third kappa shape index (κ3) is 4.00. The Bertz CT molecular complexity index is 737. The average Bonchev–Trinajstić information content (AvgIpc) is 3.01. The summed E-state index contributed by atoms with van der Waals surface area (Å²) in [6.45, 7) is 2.21. The van der Waals surface area contributed by atoms with Crippen molar-refractivity contribution >= 4 is 45.8 Å². The van der Waals surface area contributed by atoms with Crippen LogP contribution in [0.4, 0.5) is 0 Å². The van der Waals surface area contributed by atoms with Gasteiger partial charge in [-0.25, -0.2) is 0 Å². The average molecular weight is 348 g/mol. The van der Waals surface area contributed by atoms with E-state index in [0.29, 0.717) is 0 Å². The van der Waals surface area contributed by atoms with Crippen LogP contribution in [0.15, 0.2) is 45.2 Å². The summed E-state index contributed by atoms with van der Waals surface area (Å²) >= 11 is 5.24. The largest absolute Gasteiger partial charge is 0.256 e. The van der Waals surface area contributed by atoms with Gasteiger partial charge < -0.3 is 0 Å². The van der Waals surface area contributed by atoms with E-state index in [1.54, 1.807) is 23.1 Å². The molecule has 3 nitrogen and oxygen atoms in total. The van der Waals surface area contributed by atoms with Crippen molar-refractivity contribution in [1.82, 2.24) is 15.2 Å². The Morgan fingerprint density at radius 1 is 1.05 bits per heavy atom. The second kappa shape index (κ2) is 7.94. The van der Waals surface area contributed by atoms with Crippen molar-refractivity contribution in [2.24, 2.45) is 0 Å². The van der Waals surface area contributed by atoms with Crippen molar-refractivity contribution in [2.75, 3.05) is 5.75 Å². The lowest BCUT2D eigenvalue weighted by atomic mass is 10.1. The Balaban J connectivity index is 1.64. The number of rotatable bonds is 7. The maximum atomic E-state index is 4.50. The first kappa shape index (κ1) is 15.8. The van der Waals surface area contributed by atoms with E-state index in [0.717, 1.165) is 25.7 Å². The molecule has 1 aromatic carbocycles. The minimum absolute atomic E-state index is 0.878. The highest BCUT2D eigenvalue weighted by Crippen LogP contribution is 2.32. The molecule has 3 rings (SSSR count). The summed E-state index contributed by atoms with van der Waals surface area (Å²) in [6, 6.07) is 10.4. The first-order valence-electron chi connectivity index (χ1n) is 7.28. The fourth-order valence-corrected chi connectivity index (χ4v) is 5.20. The lowest BCUT2D eigenvalue weighted by molar-refractivity contribution is 0.892. The van der Waals surface area contributed by atoms with E-state index in [4.69, 9.17) is 0 Å². The van der Waals surface area contributed by atoms with Gasteiger partial charge in [0.05, 0.1) is 5.52 Å². The van der Waals surface area contributed by atoms with Crippen molar-refractivity contribution in [3.63, 3.8) is 0 Å². The van der Waals surface area contributed by atoms with Crippen LogP contribution in [0.25, 0.3) is 10.9 Å². The number of fused-ring (bicyclic) bond motifs is 1. The van der Waals surface area contributed by atoms with Crippen LogP contribution in [0, 0.1) is 0 Å². The predicted octanol–water partition coefficient (Wildman–Crippen LogP) is 5.27. The highest BCUT2D eigenvalue weighted by atomic mass is 32.2. The third-order valence-electron chi connectivity index (χ3n) is 3.18. The van der Waals surface area contributed by atoms with Crippen molar-refractivity contribution < 1.29 is 0 Å². The van der Waals surface area contributed by atoms with Gasteiger partial charge in [-0.05, 0) is 18.1 Å². The van der Waals surface area contributed by atoms with Gasteiger partial charge in [0.2, 0.25) is 0 Å². The smallest absolute Gasteiger partial charge is 0.175 e. The van der Waals surface area contributed by atoms with E-state index in [1.165, 1.54) is 23.8 Å². The summed E-state index contributed by atoms with van der Waals surface area (Å²) in [7, 11) is 0. The molecule has 0 N–H and O–H groups in total. The summed E-state index contributed by atoms with van der Waals surface area (Å²) in [5.41, 5.74) is 2.33. The summed E-state index contributed by atoms with van der Waals surface area (Å²) in [5, 5.41) is 9.73. The first-order valence-corrected chi connectivity index (χ1v) is 10.1. The van der Waals surface area contributed by atoms with E-state index in [-0.39, 0.29) is 0 Å². The number of para-hydroxylation sites is 1. The molecule has 114 valence electrons. The number of hydrogen-bond donors (Lipinski definition) is 0. The fourth-order valence-electron chi connectivity index (χ4n) is 2.04. The Morgan fingerprint density at radius 2 is 1.86 bits per heavy atom. The number of nitrogens with zero attached hydrogens (tertiary/aromatic N) is 3. The van der Waals surface area contributed by atoms with Gasteiger partial charge in [-0.1, -0.05) is 72.5 Å². The molecular formula is C16H17N3S3. The van der Waals surface area contributed by atoms with Gasteiger partial charge in [0.25, 0.3) is 0 Å². The van der Waals surface area contributed by atoms with Crippen LogP contribution in [0.3, 0.4) is 0 Å². The number of thioether (sulfide) groups is 2. The molecule has 6 heteroatoms. The minimum atomic E-state index is 0.878. The predicted molar refractivity (Wildman–Crippen MR) is 96.8 cm³/mol. The fraction of sp³-hybridized carbons (Fsp3) is 0.312. The second-order valence-corrected chi connectivity index (χ2v) is 8.36. The van der Waals surface area contributed by atoms with Crippen LogP contribution in [0.2, 0.25) is 0 Å².